The summed E-state index contributed by atoms with van der Waals surface area (Å²) in [6.07, 6.45) is 1.67. The van der Waals surface area contributed by atoms with Crippen LogP contribution < -0.4 is 0 Å². The Morgan fingerprint density at radius 3 is 1.08 bits per heavy atom. The van der Waals surface area contributed by atoms with Crippen LogP contribution in [0.2, 0.25) is 0 Å². The van der Waals surface area contributed by atoms with Gasteiger partial charge in [0.05, 0.1) is 0 Å². The number of carboxylic acid groups (broad SMARTS) is 2. The van der Waals surface area contributed by atoms with Gasteiger partial charge in [0.15, 0.2) is 0 Å². The molecule has 0 heterocycles. The maximum atomic E-state index is 9.25. The van der Waals surface area contributed by atoms with Gasteiger partial charge in [-0.1, -0.05) is 13.2 Å². The maximum absolute atomic E-state index is 9.25. The summed E-state index contributed by atoms with van der Waals surface area (Å²) in [5, 5.41) is 15.2. The van der Waals surface area contributed by atoms with Gasteiger partial charge < -0.3 is 10.2 Å². The van der Waals surface area contributed by atoms with E-state index in [2.05, 4.69) is 13.2 Å². The van der Waals surface area contributed by atoms with Crippen molar-refractivity contribution in [2.24, 2.45) is 0 Å². The molecule has 0 unspecified atom stereocenters. The third-order valence-corrected chi connectivity index (χ3v) is 0.349. The summed E-state index contributed by atoms with van der Waals surface area (Å²) in [5.74, 6) is -1.96. The van der Waals surface area contributed by atoms with Gasteiger partial charge in [-0.3, -0.25) is 0 Å². The van der Waals surface area contributed by atoms with E-state index in [4.69, 9.17) is 10.2 Å². The first-order valence-corrected chi connectivity index (χ1v) is 2.25. The zero-order valence-corrected chi connectivity index (χ0v) is 5.28. The van der Waals surface area contributed by atoms with Crippen molar-refractivity contribution in [1.29, 1.82) is 0 Å². The van der Waals surface area contributed by atoms with Gasteiger partial charge >= 0.3 is 79.2 Å². The molecule has 0 fully saturated rings. The standard InChI is InChI=1S/2C3H4O2.Ca.Na.3H/c2*1-2-3(4)5;;;;;/h2*2H,1H2,(H,4,5);;;;;. The van der Waals surface area contributed by atoms with E-state index in [1.54, 1.807) is 0 Å². The molecule has 0 saturated carbocycles. The summed E-state index contributed by atoms with van der Waals surface area (Å²) in [6, 6.07) is 0. The predicted molar refractivity (Wildman–Crippen MR) is 51.4 cm³/mol. The molecule has 0 amide bonds. The molecule has 0 aromatic rings. The molecule has 6 heteroatoms. The Morgan fingerprint density at radius 1 is 1.00 bits per heavy atom. The first kappa shape index (κ1) is 23.0. The topological polar surface area (TPSA) is 74.6 Å². The molecule has 0 saturated heterocycles. The molecule has 4 nitrogen and oxygen atoms in total. The van der Waals surface area contributed by atoms with Gasteiger partial charge in [-0.15, -0.1) is 0 Å². The van der Waals surface area contributed by atoms with Crippen LogP contribution in [-0.2, 0) is 9.59 Å². The number of carboxylic acids is 2. The summed E-state index contributed by atoms with van der Waals surface area (Å²) >= 11 is 0. The van der Waals surface area contributed by atoms with Crippen molar-refractivity contribution in [3.63, 3.8) is 0 Å². The fraction of sp³-hybridized carbons (Fsp3) is 0. The fourth-order valence-electron chi connectivity index (χ4n) is 0. The third kappa shape index (κ3) is 45.7. The molecule has 2 N–H and O–H groups in total. The Hall–Kier alpha value is 0.680. The van der Waals surface area contributed by atoms with Crippen LogP contribution in [0.4, 0.5) is 0 Å². The second kappa shape index (κ2) is 17.7. The monoisotopic (exact) mass is 210 g/mol. The Balaban J connectivity index is -0.0000000457. The van der Waals surface area contributed by atoms with Crippen molar-refractivity contribution in [2.45, 2.75) is 0 Å². The molecule has 0 atom stereocenters. The van der Waals surface area contributed by atoms with Gasteiger partial charge in [0, 0.05) is 12.2 Å². The van der Waals surface area contributed by atoms with Gasteiger partial charge in [-0.25, -0.2) is 9.59 Å². The Labute approximate surface area is 123 Å². The number of rotatable bonds is 2. The van der Waals surface area contributed by atoms with Crippen LogP contribution in [0, 0.1) is 0 Å². The van der Waals surface area contributed by atoms with Gasteiger partial charge in [0.25, 0.3) is 0 Å². The molecule has 0 spiro atoms. The predicted octanol–water partition coefficient (Wildman–Crippen LogP) is -1.05. The van der Waals surface area contributed by atoms with E-state index in [9.17, 15) is 9.59 Å². The molecule has 0 aliphatic carbocycles. The number of aliphatic carboxylic acids is 2. The molecule has 0 aliphatic rings. The Kier molecular flexibility index (Phi) is 33.8. The number of carbonyl (C=O) groups is 2. The van der Waals surface area contributed by atoms with Crippen LogP contribution in [0.5, 0.6) is 0 Å². The first-order valence-electron chi connectivity index (χ1n) is 2.25. The van der Waals surface area contributed by atoms with E-state index in [-0.39, 0.29) is 67.3 Å². The van der Waals surface area contributed by atoms with Crippen LogP contribution in [0.3, 0.4) is 0 Å². The SMILES string of the molecule is C=CC(=O)O.C=CC(=O)O.[CaH2].[NaH]. The van der Waals surface area contributed by atoms with Gasteiger partial charge in [-0.05, 0) is 0 Å². The second-order valence-electron chi connectivity index (χ2n) is 1.08. The zero-order chi connectivity index (χ0) is 8.57. The molecular weight excluding hydrogens is 199 g/mol. The molecular formula is C6H11CaNaO4. The summed E-state index contributed by atoms with van der Waals surface area (Å²) < 4.78 is 0. The molecule has 0 aromatic heterocycles. The van der Waals surface area contributed by atoms with E-state index in [1.807, 2.05) is 0 Å². The normalized spacial score (nSPS) is 5.33. The van der Waals surface area contributed by atoms with Crippen molar-refractivity contribution in [3.8, 4) is 0 Å². The van der Waals surface area contributed by atoms with Crippen LogP contribution >= 0.6 is 0 Å². The van der Waals surface area contributed by atoms with Crippen molar-refractivity contribution in [3.05, 3.63) is 25.3 Å². The van der Waals surface area contributed by atoms with Crippen LogP contribution in [-0.4, -0.2) is 89.4 Å². The minimum atomic E-state index is -0.981. The van der Waals surface area contributed by atoms with E-state index >= 15 is 0 Å². The molecule has 0 radical (unpaired) electrons. The van der Waals surface area contributed by atoms with Gasteiger partial charge in [0.1, 0.15) is 0 Å². The second-order valence-corrected chi connectivity index (χ2v) is 1.08. The van der Waals surface area contributed by atoms with Gasteiger partial charge in [-0.2, -0.15) is 0 Å². The van der Waals surface area contributed by atoms with Crippen LogP contribution in [0.1, 0.15) is 0 Å². The van der Waals surface area contributed by atoms with Gasteiger partial charge in [0.2, 0.25) is 0 Å². The summed E-state index contributed by atoms with van der Waals surface area (Å²) in [4.78, 5) is 18.5. The molecule has 12 heavy (non-hydrogen) atoms. The average Bonchev–Trinajstić information content (AvgIpc) is 1.89. The van der Waals surface area contributed by atoms with E-state index in [0.717, 1.165) is 12.2 Å². The van der Waals surface area contributed by atoms with Crippen LogP contribution in [0.15, 0.2) is 25.3 Å². The molecule has 0 bridgehead atoms. The Morgan fingerprint density at radius 2 is 1.08 bits per heavy atom. The summed E-state index contributed by atoms with van der Waals surface area (Å²) in [7, 11) is 0. The van der Waals surface area contributed by atoms with Crippen molar-refractivity contribution >= 4 is 79.2 Å². The molecule has 0 rings (SSSR count). The van der Waals surface area contributed by atoms with Crippen LogP contribution in [0.25, 0.3) is 0 Å². The third-order valence-electron chi connectivity index (χ3n) is 0.349. The van der Waals surface area contributed by atoms with Crippen molar-refractivity contribution in [1.82, 2.24) is 0 Å². The quantitative estimate of drug-likeness (QED) is 0.450. The average molecular weight is 210 g/mol. The number of hydrogen-bond acceptors (Lipinski definition) is 2. The molecule has 0 aliphatic heterocycles. The van der Waals surface area contributed by atoms with E-state index < -0.39 is 11.9 Å². The summed E-state index contributed by atoms with van der Waals surface area (Å²) in [6.45, 7) is 5.92. The zero-order valence-electron chi connectivity index (χ0n) is 5.28. The fourth-order valence-corrected chi connectivity index (χ4v) is 0. The minimum absolute atomic E-state index is 0. The van der Waals surface area contributed by atoms with Crippen molar-refractivity contribution in [2.75, 3.05) is 0 Å². The number of hydrogen-bond donors (Lipinski definition) is 2. The van der Waals surface area contributed by atoms with E-state index in [1.165, 1.54) is 0 Å². The van der Waals surface area contributed by atoms with Crippen molar-refractivity contribution < 1.29 is 19.8 Å². The first-order chi connectivity index (χ1) is 4.54. The molecule has 0 aromatic carbocycles. The molecule has 62 valence electrons. The summed E-state index contributed by atoms with van der Waals surface area (Å²) in [5.41, 5.74) is 0. The Bertz CT molecular complexity index is 140. The van der Waals surface area contributed by atoms with E-state index in [0.29, 0.717) is 0 Å².